The molecule has 0 heterocycles. The van der Waals surface area contributed by atoms with Gasteiger partial charge < -0.3 is 19.5 Å². The molecule has 0 spiro atoms. The second kappa shape index (κ2) is 14.7. The zero-order valence-corrected chi connectivity index (χ0v) is 24.4. The maximum atomic E-state index is 12.8. The fourth-order valence-corrected chi connectivity index (χ4v) is 4.15. The van der Waals surface area contributed by atoms with E-state index in [4.69, 9.17) is 25.8 Å². The summed E-state index contributed by atoms with van der Waals surface area (Å²) in [5.74, 6) is 0.611. The van der Waals surface area contributed by atoms with E-state index in [0.717, 1.165) is 22.4 Å². The number of amides is 2. The molecule has 0 aliphatic rings. The highest BCUT2D eigenvalue weighted by atomic mass is 35.5. The van der Waals surface area contributed by atoms with Gasteiger partial charge in [0, 0.05) is 21.8 Å². The number of carbonyl (C=O) groups excluding carboxylic acids is 2. The van der Waals surface area contributed by atoms with E-state index >= 15 is 0 Å². The average molecular weight is 586 g/mol. The SMILES string of the molecule is CCOc1cc(C(=O)N/N=C/c2cc(Cl)ccc2OCC(=O)Nc2cccc(C)c2C)ccc1OCc1ccccc1. The molecule has 42 heavy (non-hydrogen) atoms. The van der Waals surface area contributed by atoms with Crippen molar-refractivity contribution in [3.63, 3.8) is 0 Å². The topological polar surface area (TPSA) is 98.3 Å². The smallest absolute Gasteiger partial charge is 0.271 e. The van der Waals surface area contributed by atoms with E-state index in [0.29, 0.717) is 46.6 Å². The van der Waals surface area contributed by atoms with Gasteiger partial charge in [0.1, 0.15) is 12.4 Å². The summed E-state index contributed by atoms with van der Waals surface area (Å²) in [5, 5.41) is 7.38. The van der Waals surface area contributed by atoms with E-state index in [1.165, 1.54) is 6.21 Å². The fourth-order valence-electron chi connectivity index (χ4n) is 3.96. The Labute approximate surface area is 250 Å². The highest BCUT2D eigenvalue weighted by Crippen LogP contribution is 2.29. The monoisotopic (exact) mass is 585 g/mol. The number of carbonyl (C=O) groups is 2. The molecule has 2 N–H and O–H groups in total. The second-order valence-electron chi connectivity index (χ2n) is 9.33. The van der Waals surface area contributed by atoms with Crippen LogP contribution in [-0.2, 0) is 11.4 Å². The molecule has 0 saturated carbocycles. The highest BCUT2D eigenvalue weighted by Gasteiger charge is 2.13. The van der Waals surface area contributed by atoms with Crippen molar-refractivity contribution in [1.82, 2.24) is 5.43 Å². The standard InChI is InChI=1S/C33H32ClN3O5/c1-4-40-31-18-25(13-15-30(31)41-20-24-10-6-5-7-11-24)33(39)37-35-19-26-17-27(34)14-16-29(26)42-21-32(38)36-28-12-8-9-22(2)23(28)3/h5-19H,4,20-21H2,1-3H3,(H,36,38)(H,37,39)/b35-19+. The number of hydrogen-bond donors (Lipinski definition) is 2. The van der Waals surface area contributed by atoms with E-state index in [1.807, 2.05) is 69.3 Å². The summed E-state index contributed by atoms with van der Waals surface area (Å²) in [6, 6.07) is 25.3. The molecule has 0 saturated heterocycles. The lowest BCUT2D eigenvalue weighted by Gasteiger charge is -2.13. The Morgan fingerprint density at radius 1 is 0.857 bits per heavy atom. The molecule has 0 aliphatic heterocycles. The first-order chi connectivity index (χ1) is 20.3. The van der Waals surface area contributed by atoms with Gasteiger partial charge in [-0.25, -0.2) is 5.43 Å². The van der Waals surface area contributed by atoms with Crippen LogP contribution < -0.4 is 25.0 Å². The van der Waals surface area contributed by atoms with Crippen LogP contribution in [0.4, 0.5) is 5.69 Å². The summed E-state index contributed by atoms with van der Waals surface area (Å²) in [4.78, 5) is 25.4. The first-order valence-corrected chi connectivity index (χ1v) is 13.8. The van der Waals surface area contributed by atoms with Crippen LogP contribution in [0.25, 0.3) is 0 Å². The molecule has 4 rings (SSSR count). The van der Waals surface area contributed by atoms with Crippen LogP contribution in [-0.4, -0.2) is 31.2 Å². The van der Waals surface area contributed by atoms with Gasteiger partial charge in [-0.1, -0.05) is 54.1 Å². The van der Waals surface area contributed by atoms with E-state index < -0.39 is 5.91 Å². The van der Waals surface area contributed by atoms with Gasteiger partial charge in [-0.3, -0.25) is 9.59 Å². The van der Waals surface area contributed by atoms with Gasteiger partial charge >= 0.3 is 0 Å². The summed E-state index contributed by atoms with van der Waals surface area (Å²) in [7, 11) is 0. The van der Waals surface area contributed by atoms with Crippen molar-refractivity contribution in [3.8, 4) is 17.2 Å². The van der Waals surface area contributed by atoms with E-state index in [1.54, 1.807) is 36.4 Å². The number of aryl methyl sites for hydroxylation is 1. The molecule has 9 heteroatoms. The number of ether oxygens (including phenoxy) is 3. The minimum atomic E-state index is -0.445. The van der Waals surface area contributed by atoms with Crippen molar-refractivity contribution in [3.05, 3.63) is 118 Å². The van der Waals surface area contributed by atoms with E-state index in [9.17, 15) is 9.59 Å². The minimum Gasteiger partial charge on any atom is -0.490 e. The molecule has 0 atom stereocenters. The molecule has 4 aromatic rings. The molecule has 0 bridgehead atoms. The third-order valence-corrected chi connectivity index (χ3v) is 6.56. The number of hydrogen-bond acceptors (Lipinski definition) is 6. The molecule has 8 nitrogen and oxygen atoms in total. The molecular formula is C33H32ClN3O5. The summed E-state index contributed by atoms with van der Waals surface area (Å²) < 4.78 is 17.4. The van der Waals surface area contributed by atoms with Gasteiger partial charge in [0.2, 0.25) is 0 Å². The minimum absolute atomic E-state index is 0.221. The number of rotatable bonds is 12. The Balaban J connectivity index is 1.38. The Morgan fingerprint density at radius 2 is 1.64 bits per heavy atom. The number of anilines is 1. The summed E-state index contributed by atoms with van der Waals surface area (Å²) in [5.41, 5.74) is 7.15. The van der Waals surface area contributed by atoms with Gasteiger partial charge in [-0.05, 0) is 79.9 Å². The van der Waals surface area contributed by atoms with E-state index in [-0.39, 0.29) is 12.5 Å². The zero-order chi connectivity index (χ0) is 29.9. The Kier molecular flexibility index (Phi) is 10.6. The van der Waals surface area contributed by atoms with Crippen molar-refractivity contribution >= 4 is 35.3 Å². The van der Waals surface area contributed by atoms with Crippen molar-refractivity contribution in [1.29, 1.82) is 0 Å². The quantitative estimate of drug-likeness (QED) is 0.142. The Bertz CT molecular complexity index is 1570. The number of benzene rings is 4. The molecule has 2 amide bonds. The first kappa shape index (κ1) is 30.1. The molecule has 216 valence electrons. The first-order valence-electron chi connectivity index (χ1n) is 13.4. The van der Waals surface area contributed by atoms with Crippen LogP contribution in [0.1, 0.15) is 39.5 Å². The van der Waals surface area contributed by atoms with Crippen LogP contribution >= 0.6 is 11.6 Å². The van der Waals surface area contributed by atoms with Crippen LogP contribution in [0, 0.1) is 13.8 Å². The zero-order valence-electron chi connectivity index (χ0n) is 23.6. The largest absolute Gasteiger partial charge is 0.490 e. The Morgan fingerprint density at radius 3 is 2.43 bits per heavy atom. The molecule has 0 aliphatic carbocycles. The van der Waals surface area contributed by atoms with Crippen LogP contribution in [0.3, 0.4) is 0 Å². The van der Waals surface area contributed by atoms with Gasteiger partial charge in [-0.2, -0.15) is 5.10 Å². The molecule has 0 fully saturated rings. The predicted molar refractivity (Wildman–Crippen MR) is 165 cm³/mol. The number of halogens is 1. The second-order valence-corrected chi connectivity index (χ2v) is 9.77. The number of nitrogens with zero attached hydrogens (tertiary/aromatic N) is 1. The predicted octanol–water partition coefficient (Wildman–Crippen LogP) is 6.72. The molecule has 0 radical (unpaired) electrons. The average Bonchev–Trinajstić information content (AvgIpc) is 2.99. The summed E-state index contributed by atoms with van der Waals surface area (Å²) in [6.45, 7) is 6.34. The van der Waals surface area contributed by atoms with Crippen molar-refractivity contribution in [2.45, 2.75) is 27.4 Å². The maximum absolute atomic E-state index is 12.8. The van der Waals surface area contributed by atoms with Crippen LogP contribution in [0.15, 0.2) is 90.0 Å². The molecule has 0 unspecified atom stereocenters. The number of hydrazone groups is 1. The van der Waals surface area contributed by atoms with Gasteiger partial charge in [0.25, 0.3) is 11.8 Å². The molecule has 4 aromatic carbocycles. The maximum Gasteiger partial charge on any atom is 0.271 e. The van der Waals surface area contributed by atoms with E-state index in [2.05, 4.69) is 15.8 Å². The van der Waals surface area contributed by atoms with Crippen molar-refractivity contribution < 1.29 is 23.8 Å². The van der Waals surface area contributed by atoms with Gasteiger partial charge in [0.05, 0.1) is 12.8 Å². The summed E-state index contributed by atoms with van der Waals surface area (Å²) in [6.07, 6.45) is 1.41. The Hall–Kier alpha value is -4.82. The normalized spacial score (nSPS) is 10.8. The van der Waals surface area contributed by atoms with Gasteiger partial charge in [-0.15, -0.1) is 0 Å². The van der Waals surface area contributed by atoms with Gasteiger partial charge in [0.15, 0.2) is 18.1 Å². The van der Waals surface area contributed by atoms with Crippen molar-refractivity contribution in [2.24, 2.45) is 5.10 Å². The lowest BCUT2D eigenvalue weighted by atomic mass is 10.1. The van der Waals surface area contributed by atoms with Crippen LogP contribution in [0.5, 0.6) is 17.2 Å². The molecule has 0 aromatic heterocycles. The fraction of sp³-hybridized carbons (Fsp3) is 0.182. The summed E-state index contributed by atoms with van der Waals surface area (Å²) >= 11 is 6.17. The highest BCUT2D eigenvalue weighted by molar-refractivity contribution is 6.30. The number of nitrogens with one attached hydrogen (secondary N) is 2. The lowest BCUT2D eigenvalue weighted by molar-refractivity contribution is -0.118. The molecular weight excluding hydrogens is 554 g/mol. The van der Waals surface area contributed by atoms with Crippen molar-refractivity contribution in [2.75, 3.05) is 18.5 Å². The van der Waals surface area contributed by atoms with Crippen LogP contribution in [0.2, 0.25) is 5.02 Å². The third kappa shape index (κ3) is 8.34. The third-order valence-electron chi connectivity index (χ3n) is 6.32. The lowest BCUT2D eigenvalue weighted by Crippen LogP contribution is -2.21.